The summed E-state index contributed by atoms with van der Waals surface area (Å²) in [6.45, 7) is 5.39. The zero-order valence-electron chi connectivity index (χ0n) is 11.8. The van der Waals surface area contributed by atoms with E-state index in [1.807, 2.05) is 0 Å². The van der Waals surface area contributed by atoms with Crippen LogP contribution < -0.4 is 5.32 Å². The van der Waals surface area contributed by atoms with Gasteiger partial charge in [-0.1, -0.05) is 42.7 Å². The predicted octanol–water partition coefficient (Wildman–Crippen LogP) is 2.49. The number of aryl methyl sites for hydroxylation is 1. The number of amides is 1. The van der Waals surface area contributed by atoms with Crippen LogP contribution in [0.5, 0.6) is 0 Å². The highest BCUT2D eigenvalue weighted by molar-refractivity contribution is 5.78. The van der Waals surface area contributed by atoms with E-state index in [1.54, 1.807) is 0 Å². The van der Waals surface area contributed by atoms with E-state index >= 15 is 0 Å². The minimum Gasteiger partial charge on any atom is -0.351 e. The van der Waals surface area contributed by atoms with Crippen LogP contribution >= 0.6 is 0 Å². The molecular formula is C16H24N2O. The summed E-state index contributed by atoms with van der Waals surface area (Å²) in [6, 6.07) is 8.30. The fraction of sp³-hybridized carbons (Fsp3) is 0.562. The summed E-state index contributed by atoms with van der Waals surface area (Å²) in [7, 11) is 0. The molecule has 1 aromatic carbocycles. The van der Waals surface area contributed by atoms with Gasteiger partial charge < -0.3 is 5.32 Å². The molecule has 104 valence electrons. The first-order valence-corrected chi connectivity index (χ1v) is 7.28. The van der Waals surface area contributed by atoms with E-state index in [-0.39, 0.29) is 5.91 Å². The fourth-order valence-electron chi connectivity index (χ4n) is 2.46. The molecule has 0 aliphatic carbocycles. The van der Waals surface area contributed by atoms with Gasteiger partial charge in [0.2, 0.25) is 5.91 Å². The molecule has 0 saturated carbocycles. The smallest absolute Gasteiger partial charge is 0.234 e. The predicted molar refractivity (Wildman–Crippen MR) is 77.9 cm³/mol. The molecule has 0 aromatic heterocycles. The minimum atomic E-state index is 0.141. The number of benzene rings is 1. The first-order chi connectivity index (χ1) is 9.24. The average molecular weight is 260 g/mol. The molecule has 1 fully saturated rings. The number of rotatable bonds is 4. The zero-order chi connectivity index (χ0) is 13.5. The van der Waals surface area contributed by atoms with Crippen molar-refractivity contribution in [1.29, 1.82) is 0 Å². The van der Waals surface area contributed by atoms with Crippen LogP contribution in [0.3, 0.4) is 0 Å². The monoisotopic (exact) mass is 260 g/mol. The van der Waals surface area contributed by atoms with Crippen LogP contribution in [0.2, 0.25) is 0 Å². The van der Waals surface area contributed by atoms with E-state index in [0.717, 1.165) is 18.7 Å². The maximum absolute atomic E-state index is 11.9. The molecule has 3 nitrogen and oxygen atoms in total. The molecule has 2 rings (SSSR count). The van der Waals surface area contributed by atoms with E-state index < -0.39 is 0 Å². The lowest BCUT2D eigenvalue weighted by atomic mass is 10.1. The molecule has 3 heteroatoms. The Balaban J connectivity index is 1.73. The lowest BCUT2D eigenvalue weighted by Crippen LogP contribution is -2.37. The van der Waals surface area contributed by atoms with Gasteiger partial charge in [-0.15, -0.1) is 0 Å². The van der Waals surface area contributed by atoms with Crippen LogP contribution in [-0.2, 0) is 11.3 Å². The van der Waals surface area contributed by atoms with Gasteiger partial charge in [-0.3, -0.25) is 9.69 Å². The zero-order valence-corrected chi connectivity index (χ0v) is 11.8. The van der Waals surface area contributed by atoms with Gasteiger partial charge in [-0.05, 0) is 38.4 Å². The molecule has 1 saturated heterocycles. The summed E-state index contributed by atoms with van der Waals surface area (Å²) in [6.07, 6.45) is 5.07. The number of hydrogen-bond donors (Lipinski definition) is 1. The van der Waals surface area contributed by atoms with E-state index in [0.29, 0.717) is 13.1 Å². The van der Waals surface area contributed by atoms with Crippen molar-refractivity contribution in [3.63, 3.8) is 0 Å². The molecule has 0 spiro atoms. The molecule has 1 aliphatic heterocycles. The average Bonchev–Trinajstić information content (AvgIpc) is 2.67. The van der Waals surface area contributed by atoms with Gasteiger partial charge in [-0.2, -0.15) is 0 Å². The third kappa shape index (κ3) is 5.03. The number of nitrogens with one attached hydrogen (secondary N) is 1. The maximum Gasteiger partial charge on any atom is 0.234 e. The lowest BCUT2D eigenvalue weighted by molar-refractivity contribution is -0.122. The molecule has 1 N–H and O–H groups in total. The minimum absolute atomic E-state index is 0.141. The summed E-state index contributed by atoms with van der Waals surface area (Å²) in [5.74, 6) is 0.141. The largest absolute Gasteiger partial charge is 0.351 e. The van der Waals surface area contributed by atoms with Crippen molar-refractivity contribution in [1.82, 2.24) is 10.2 Å². The van der Waals surface area contributed by atoms with E-state index in [2.05, 4.69) is 41.4 Å². The van der Waals surface area contributed by atoms with Crippen molar-refractivity contribution in [2.75, 3.05) is 19.6 Å². The molecule has 1 heterocycles. The molecule has 1 amide bonds. The number of carbonyl (C=O) groups is 1. The highest BCUT2D eigenvalue weighted by Gasteiger charge is 2.12. The van der Waals surface area contributed by atoms with Gasteiger partial charge in [0.25, 0.3) is 0 Å². The first kappa shape index (κ1) is 14.1. The Morgan fingerprint density at radius 3 is 2.37 bits per heavy atom. The summed E-state index contributed by atoms with van der Waals surface area (Å²) in [4.78, 5) is 14.2. The molecule has 19 heavy (non-hydrogen) atoms. The Labute approximate surface area is 116 Å². The quantitative estimate of drug-likeness (QED) is 0.902. The second-order valence-electron chi connectivity index (χ2n) is 5.45. The topological polar surface area (TPSA) is 32.3 Å². The second kappa shape index (κ2) is 7.29. The highest BCUT2D eigenvalue weighted by Crippen LogP contribution is 2.09. The Morgan fingerprint density at radius 2 is 1.74 bits per heavy atom. The van der Waals surface area contributed by atoms with Gasteiger partial charge in [0, 0.05) is 6.54 Å². The van der Waals surface area contributed by atoms with Gasteiger partial charge in [0.05, 0.1) is 6.54 Å². The van der Waals surface area contributed by atoms with Gasteiger partial charge in [0.1, 0.15) is 0 Å². The van der Waals surface area contributed by atoms with Crippen LogP contribution in [0.25, 0.3) is 0 Å². The molecular weight excluding hydrogens is 236 g/mol. The van der Waals surface area contributed by atoms with Crippen molar-refractivity contribution in [2.45, 2.75) is 39.2 Å². The summed E-state index contributed by atoms with van der Waals surface area (Å²) < 4.78 is 0. The lowest BCUT2D eigenvalue weighted by Gasteiger charge is -2.18. The van der Waals surface area contributed by atoms with Crippen molar-refractivity contribution in [3.8, 4) is 0 Å². The molecule has 0 atom stereocenters. The number of hydrogen-bond acceptors (Lipinski definition) is 2. The molecule has 0 bridgehead atoms. The number of nitrogens with zero attached hydrogens (tertiary/aromatic N) is 1. The Kier molecular flexibility index (Phi) is 5.40. The summed E-state index contributed by atoms with van der Waals surface area (Å²) in [5.41, 5.74) is 2.41. The van der Waals surface area contributed by atoms with Crippen molar-refractivity contribution in [2.24, 2.45) is 0 Å². The van der Waals surface area contributed by atoms with Crippen LogP contribution in [-0.4, -0.2) is 30.4 Å². The van der Waals surface area contributed by atoms with E-state index in [9.17, 15) is 4.79 Å². The third-order valence-corrected chi connectivity index (χ3v) is 3.68. The highest BCUT2D eigenvalue weighted by atomic mass is 16.2. The maximum atomic E-state index is 11.9. The van der Waals surface area contributed by atoms with Crippen molar-refractivity contribution < 1.29 is 4.79 Å². The summed E-state index contributed by atoms with van der Waals surface area (Å²) in [5, 5.41) is 3.01. The van der Waals surface area contributed by atoms with Crippen molar-refractivity contribution >= 4 is 5.91 Å². The van der Waals surface area contributed by atoms with Crippen LogP contribution in [0.4, 0.5) is 0 Å². The number of carbonyl (C=O) groups excluding carboxylic acids is 1. The number of likely N-dealkylation sites (tertiary alicyclic amines) is 1. The Morgan fingerprint density at radius 1 is 1.11 bits per heavy atom. The van der Waals surface area contributed by atoms with Gasteiger partial charge >= 0.3 is 0 Å². The van der Waals surface area contributed by atoms with Gasteiger partial charge in [-0.25, -0.2) is 0 Å². The molecule has 1 aliphatic rings. The normalized spacial score (nSPS) is 16.9. The standard InChI is InChI=1S/C16H24N2O/c1-14-6-8-15(9-7-14)12-17-16(19)13-18-10-4-2-3-5-11-18/h6-9H,2-5,10-13H2,1H3,(H,17,19). The van der Waals surface area contributed by atoms with Gasteiger partial charge in [0.15, 0.2) is 0 Å². The van der Waals surface area contributed by atoms with Crippen LogP contribution in [0.1, 0.15) is 36.8 Å². The van der Waals surface area contributed by atoms with Crippen LogP contribution in [0, 0.1) is 6.92 Å². The molecule has 0 radical (unpaired) electrons. The van der Waals surface area contributed by atoms with E-state index in [4.69, 9.17) is 0 Å². The summed E-state index contributed by atoms with van der Waals surface area (Å²) >= 11 is 0. The first-order valence-electron chi connectivity index (χ1n) is 7.28. The molecule has 1 aromatic rings. The van der Waals surface area contributed by atoms with Crippen LogP contribution in [0.15, 0.2) is 24.3 Å². The second-order valence-corrected chi connectivity index (χ2v) is 5.45. The third-order valence-electron chi connectivity index (χ3n) is 3.68. The Bertz CT molecular complexity index is 392. The Hall–Kier alpha value is -1.35. The SMILES string of the molecule is Cc1ccc(CNC(=O)CN2CCCCCC2)cc1. The fourth-order valence-corrected chi connectivity index (χ4v) is 2.46. The molecule has 0 unspecified atom stereocenters. The van der Waals surface area contributed by atoms with E-state index in [1.165, 1.54) is 31.2 Å². The van der Waals surface area contributed by atoms with Crippen molar-refractivity contribution in [3.05, 3.63) is 35.4 Å².